The Kier molecular flexibility index (Phi) is 6.59. The molecule has 2 N–H and O–H groups in total. The molecular formula is C25H32F2N6O3. The summed E-state index contributed by atoms with van der Waals surface area (Å²) in [6.45, 7) is 3.31. The number of nitrogens with zero attached hydrogens (tertiary/aromatic N) is 4. The first-order valence-corrected chi connectivity index (χ1v) is 12.7. The van der Waals surface area contributed by atoms with Gasteiger partial charge < -0.3 is 20.4 Å². The molecule has 0 unspecified atom stereocenters. The Balaban J connectivity index is 1.15. The van der Waals surface area contributed by atoms with E-state index < -0.39 is 42.3 Å². The summed E-state index contributed by atoms with van der Waals surface area (Å²) in [4.78, 5) is 37.2. The summed E-state index contributed by atoms with van der Waals surface area (Å²) in [5.74, 6) is -4.14. The second kappa shape index (κ2) is 9.56. The predicted molar refractivity (Wildman–Crippen MR) is 124 cm³/mol. The SMILES string of the molecule is N#CC1(NC(=O)[C@H](CC(F)(F)Cc2ccccn2)NC(=O)ON2CC3(CCN(C4CC4)CC3)C2)CC1. The Morgan fingerprint density at radius 1 is 1.22 bits per heavy atom. The van der Waals surface area contributed by atoms with Crippen molar-refractivity contribution in [2.24, 2.45) is 5.41 Å². The molecule has 4 fully saturated rings. The maximum Gasteiger partial charge on any atom is 0.426 e. The average molecular weight is 503 g/mol. The number of pyridine rings is 1. The number of hydrogen-bond donors (Lipinski definition) is 2. The summed E-state index contributed by atoms with van der Waals surface area (Å²) in [6, 6.07) is 5.91. The first-order valence-electron chi connectivity index (χ1n) is 12.7. The van der Waals surface area contributed by atoms with Gasteiger partial charge in [0.2, 0.25) is 5.91 Å². The molecular weight excluding hydrogens is 470 g/mol. The first-order chi connectivity index (χ1) is 17.2. The zero-order valence-corrected chi connectivity index (χ0v) is 20.2. The van der Waals surface area contributed by atoms with Crippen LogP contribution in [0.5, 0.6) is 0 Å². The largest absolute Gasteiger partial charge is 0.426 e. The van der Waals surface area contributed by atoms with Crippen LogP contribution in [0.25, 0.3) is 0 Å². The molecule has 9 nitrogen and oxygen atoms in total. The van der Waals surface area contributed by atoms with Crippen LogP contribution in [-0.2, 0) is 16.1 Å². The number of nitriles is 1. The Hall–Kier alpha value is -2.84. The molecule has 2 amide bonds. The lowest BCUT2D eigenvalue weighted by atomic mass is 9.73. The quantitative estimate of drug-likeness (QED) is 0.534. The highest BCUT2D eigenvalue weighted by Crippen LogP contribution is 2.43. The van der Waals surface area contributed by atoms with E-state index in [1.807, 2.05) is 6.07 Å². The lowest BCUT2D eigenvalue weighted by Crippen LogP contribution is -2.61. The van der Waals surface area contributed by atoms with Crippen molar-refractivity contribution < 1.29 is 23.2 Å². The summed E-state index contributed by atoms with van der Waals surface area (Å²) in [7, 11) is 0. The van der Waals surface area contributed by atoms with Gasteiger partial charge in [0.25, 0.3) is 5.92 Å². The number of aromatic nitrogens is 1. The lowest BCUT2D eigenvalue weighted by molar-refractivity contribution is -0.218. The van der Waals surface area contributed by atoms with E-state index in [4.69, 9.17) is 4.84 Å². The van der Waals surface area contributed by atoms with Crippen molar-refractivity contribution in [1.82, 2.24) is 25.6 Å². The van der Waals surface area contributed by atoms with Crippen molar-refractivity contribution in [3.05, 3.63) is 30.1 Å². The fourth-order valence-electron chi connectivity index (χ4n) is 5.23. The van der Waals surface area contributed by atoms with Crippen molar-refractivity contribution in [2.75, 3.05) is 26.2 Å². The molecule has 11 heteroatoms. The molecule has 194 valence electrons. The second-order valence-corrected chi connectivity index (χ2v) is 10.9. The zero-order chi connectivity index (χ0) is 25.4. The monoisotopic (exact) mass is 502 g/mol. The normalized spacial score (nSPS) is 23.7. The minimum Gasteiger partial charge on any atom is -0.351 e. The number of carbonyl (C=O) groups excluding carboxylic acids is 2. The number of amides is 2. The smallest absolute Gasteiger partial charge is 0.351 e. The number of nitrogens with one attached hydrogen (secondary N) is 2. The molecule has 2 saturated carbocycles. The van der Waals surface area contributed by atoms with Crippen molar-refractivity contribution in [2.45, 2.75) is 74.9 Å². The molecule has 2 aliphatic heterocycles. The maximum absolute atomic E-state index is 14.9. The number of alkyl halides is 2. The molecule has 2 aliphatic carbocycles. The predicted octanol–water partition coefficient (Wildman–Crippen LogP) is 2.39. The Morgan fingerprint density at radius 3 is 2.53 bits per heavy atom. The minimum atomic E-state index is -3.32. The summed E-state index contributed by atoms with van der Waals surface area (Å²) < 4.78 is 29.8. The standard InChI is InChI=1S/C25H32F2N6O3/c26-25(27,13-18-3-1-2-10-29-18)14-20(21(34)31-24(15-28)6-7-24)30-22(35)36-33-16-23(17-33)8-11-32(12-9-23)19-4-5-19/h1-3,10,19-20H,4-9,11-14,16-17H2,(H,30,35)(H,31,34)/t20-/m0/s1. The van der Waals surface area contributed by atoms with Gasteiger partial charge in [-0.1, -0.05) is 6.07 Å². The molecule has 1 atom stereocenters. The van der Waals surface area contributed by atoms with Gasteiger partial charge in [0.1, 0.15) is 11.6 Å². The number of halogens is 2. The van der Waals surface area contributed by atoms with Crippen LogP contribution in [0.4, 0.5) is 13.6 Å². The average Bonchev–Trinajstić information content (AvgIpc) is 3.74. The highest BCUT2D eigenvalue weighted by atomic mass is 19.3. The highest BCUT2D eigenvalue weighted by molar-refractivity contribution is 5.86. The molecule has 0 radical (unpaired) electrons. The molecule has 0 bridgehead atoms. The van der Waals surface area contributed by atoms with Gasteiger partial charge >= 0.3 is 6.09 Å². The Morgan fingerprint density at radius 2 is 1.94 bits per heavy atom. The van der Waals surface area contributed by atoms with Crippen LogP contribution in [0.3, 0.4) is 0 Å². The van der Waals surface area contributed by atoms with Gasteiger partial charge in [-0.3, -0.25) is 9.78 Å². The van der Waals surface area contributed by atoms with Crippen LogP contribution in [0.1, 0.15) is 50.6 Å². The molecule has 4 aliphatic rings. The topological polar surface area (TPSA) is 111 Å². The third kappa shape index (κ3) is 5.93. The van der Waals surface area contributed by atoms with Crippen LogP contribution in [0.2, 0.25) is 0 Å². The van der Waals surface area contributed by atoms with Crippen LogP contribution in [-0.4, -0.2) is 76.7 Å². The van der Waals surface area contributed by atoms with Gasteiger partial charge in [-0.15, -0.1) is 5.06 Å². The third-order valence-corrected chi connectivity index (χ3v) is 7.76. The summed E-state index contributed by atoms with van der Waals surface area (Å²) in [5, 5.41) is 15.7. The van der Waals surface area contributed by atoms with E-state index in [1.165, 1.54) is 30.2 Å². The Labute approximate surface area is 209 Å². The fourth-order valence-corrected chi connectivity index (χ4v) is 5.23. The van der Waals surface area contributed by atoms with E-state index in [1.54, 1.807) is 12.1 Å². The van der Waals surface area contributed by atoms with Crippen molar-refractivity contribution in [3.8, 4) is 6.07 Å². The fraction of sp³-hybridized carbons (Fsp3) is 0.680. The van der Waals surface area contributed by atoms with Crippen LogP contribution in [0, 0.1) is 16.7 Å². The molecule has 5 rings (SSSR count). The molecule has 1 aromatic rings. The van der Waals surface area contributed by atoms with Gasteiger partial charge in [-0.05, 0) is 63.7 Å². The minimum absolute atomic E-state index is 0.128. The van der Waals surface area contributed by atoms with E-state index >= 15 is 0 Å². The molecule has 3 heterocycles. The number of rotatable bonds is 9. The lowest BCUT2D eigenvalue weighted by Gasteiger charge is -2.52. The van der Waals surface area contributed by atoms with Gasteiger partial charge in [0.05, 0.1) is 12.5 Å². The molecule has 36 heavy (non-hydrogen) atoms. The van der Waals surface area contributed by atoms with E-state index in [2.05, 4.69) is 20.5 Å². The number of likely N-dealkylation sites (tertiary alicyclic amines) is 1. The van der Waals surface area contributed by atoms with Gasteiger partial charge in [0.15, 0.2) is 0 Å². The Bertz CT molecular complexity index is 1010. The van der Waals surface area contributed by atoms with E-state index in [0.29, 0.717) is 25.9 Å². The van der Waals surface area contributed by atoms with Gasteiger partial charge in [-0.25, -0.2) is 13.6 Å². The van der Waals surface area contributed by atoms with Gasteiger partial charge in [0, 0.05) is 42.9 Å². The van der Waals surface area contributed by atoms with E-state index in [-0.39, 0.29) is 11.1 Å². The van der Waals surface area contributed by atoms with E-state index in [0.717, 1.165) is 32.0 Å². The molecule has 2 saturated heterocycles. The zero-order valence-electron chi connectivity index (χ0n) is 20.2. The number of hydroxylamine groups is 2. The first kappa shape index (κ1) is 24.8. The van der Waals surface area contributed by atoms with Crippen molar-refractivity contribution in [3.63, 3.8) is 0 Å². The number of carbonyl (C=O) groups is 2. The molecule has 0 aromatic carbocycles. The van der Waals surface area contributed by atoms with Crippen molar-refractivity contribution in [1.29, 1.82) is 5.26 Å². The summed E-state index contributed by atoms with van der Waals surface area (Å²) in [6.07, 6.45) is 4.42. The molecule has 1 spiro atoms. The van der Waals surface area contributed by atoms with Crippen LogP contribution in [0.15, 0.2) is 24.4 Å². The number of piperidine rings is 1. The van der Waals surface area contributed by atoms with Crippen LogP contribution < -0.4 is 10.6 Å². The highest BCUT2D eigenvalue weighted by Gasteiger charge is 2.49. The third-order valence-electron chi connectivity index (χ3n) is 7.76. The second-order valence-electron chi connectivity index (χ2n) is 10.9. The molecule has 1 aromatic heterocycles. The van der Waals surface area contributed by atoms with E-state index in [9.17, 15) is 23.6 Å². The number of hydrogen-bond acceptors (Lipinski definition) is 7. The maximum atomic E-state index is 14.9. The van der Waals surface area contributed by atoms with Gasteiger partial charge in [-0.2, -0.15) is 5.26 Å². The van der Waals surface area contributed by atoms with Crippen LogP contribution >= 0.6 is 0 Å². The summed E-state index contributed by atoms with van der Waals surface area (Å²) in [5.41, 5.74) is -0.738. The summed E-state index contributed by atoms with van der Waals surface area (Å²) >= 11 is 0. The van der Waals surface area contributed by atoms with Crippen molar-refractivity contribution >= 4 is 12.0 Å².